The number of anilines is 4. The summed E-state index contributed by atoms with van der Waals surface area (Å²) in [5, 5.41) is 3.13. The van der Waals surface area contributed by atoms with Crippen molar-refractivity contribution in [3.63, 3.8) is 0 Å². The first-order valence-corrected chi connectivity index (χ1v) is 11.2. The van der Waals surface area contributed by atoms with Crippen molar-refractivity contribution in [2.24, 2.45) is 0 Å². The van der Waals surface area contributed by atoms with Crippen molar-refractivity contribution in [1.82, 2.24) is 9.97 Å². The predicted molar refractivity (Wildman–Crippen MR) is 115 cm³/mol. The molecule has 1 aliphatic heterocycles. The molecule has 0 spiro atoms. The van der Waals surface area contributed by atoms with Crippen molar-refractivity contribution >= 4 is 33.2 Å². The molecular weight excluding hydrogens is 424 g/mol. The third-order valence-corrected chi connectivity index (χ3v) is 6.24. The Bertz CT molecular complexity index is 1200. The van der Waals surface area contributed by atoms with Crippen molar-refractivity contribution in [1.29, 1.82) is 0 Å². The van der Waals surface area contributed by atoms with E-state index in [1.165, 1.54) is 0 Å². The van der Waals surface area contributed by atoms with Crippen LogP contribution in [0, 0.1) is 18.6 Å². The monoisotopic (exact) mass is 445 g/mol. The molecular formula is C21H21F2N5O2S. The maximum absolute atomic E-state index is 13.4. The van der Waals surface area contributed by atoms with Gasteiger partial charge in [0.2, 0.25) is 5.95 Å². The number of hydrogen-bond acceptors (Lipinski definition) is 6. The number of halogens is 2. The van der Waals surface area contributed by atoms with E-state index in [9.17, 15) is 17.2 Å². The van der Waals surface area contributed by atoms with Crippen LogP contribution < -0.4 is 14.9 Å². The summed E-state index contributed by atoms with van der Waals surface area (Å²) in [7, 11) is -4.05. The SMILES string of the molecule is Cc1cc(N2CCCC2)nc(Nc2ccc(NS(=O)(=O)c3ccc(F)c(F)c3)cc2)n1. The summed E-state index contributed by atoms with van der Waals surface area (Å²) >= 11 is 0. The van der Waals surface area contributed by atoms with Gasteiger partial charge in [-0.3, -0.25) is 4.72 Å². The number of benzene rings is 2. The number of nitrogens with one attached hydrogen (secondary N) is 2. The molecule has 0 saturated carbocycles. The number of hydrogen-bond donors (Lipinski definition) is 2. The van der Waals surface area contributed by atoms with Gasteiger partial charge in [0.05, 0.1) is 4.90 Å². The third kappa shape index (κ3) is 4.91. The van der Waals surface area contributed by atoms with Crippen LogP contribution in [0.2, 0.25) is 0 Å². The van der Waals surface area contributed by atoms with Gasteiger partial charge in [0, 0.05) is 36.2 Å². The summed E-state index contributed by atoms with van der Waals surface area (Å²) in [6, 6.07) is 10.8. The molecule has 0 amide bonds. The molecule has 0 aliphatic carbocycles. The van der Waals surface area contributed by atoms with Crippen molar-refractivity contribution in [2.45, 2.75) is 24.7 Å². The molecule has 1 saturated heterocycles. The van der Waals surface area contributed by atoms with Crippen LogP contribution in [0.1, 0.15) is 18.5 Å². The van der Waals surface area contributed by atoms with E-state index in [-0.39, 0.29) is 10.6 Å². The Morgan fingerprint density at radius 2 is 1.58 bits per heavy atom. The minimum atomic E-state index is -4.05. The van der Waals surface area contributed by atoms with E-state index in [0.717, 1.165) is 49.6 Å². The Balaban J connectivity index is 1.48. The lowest BCUT2D eigenvalue weighted by molar-refractivity contribution is 0.504. The zero-order valence-corrected chi connectivity index (χ0v) is 17.6. The summed E-state index contributed by atoms with van der Waals surface area (Å²) < 4.78 is 53.6. The summed E-state index contributed by atoms with van der Waals surface area (Å²) in [4.78, 5) is 10.8. The average Bonchev–Trinajstić information content (AvgIpc) is 3.26. The quantitative estimate of drug-likeness (QED) is 0.591. The number of sulfonamides is 1. The molecule has 0 radical (unpaired) electrons. The van der Waals surface area contributed by atoms with Gasteiger partial charge in [0.15, 0.2) is 11.6 Å². The fourth-order valence-electron chi connectivity index (χ4n) is 3.32. The van der Waals surface area contributed by atoms with Crippen LogP contribution in [0.5, 0.6) is 0 Å². The van der Waals surface area contributed by atoms with Crippen LogP contribution in [0.3, 0.4) is 0 Å². The van der Waals surface area contributed by atoms with Crippen molar-refractivity contribution in [3.05, 3.63) is 65.9 Å². The van der Waals surface area contributed by atoms with Crippen molar-refractivity contribution in [2.75, 3.05) is 28.0 Å². The van der Waals surface area contributed by atoms with Gasteiger partial charge < -0.3 is 10.2 Å². The van der Waals surface area contributed by atoms with Gasteiger partial charge in [0.25, 0.3) is 10.0 Å². The molecule has 0 atom stereocenters. The van der Waals surface area contributed by atoms with Gasteiger partial charge in [-0.25, -0.2) is 22.2 Å². The molecule has 0 bridgehead atoms. The highest BCUT2D eigenvalue weighted by Crippen LogP contribution is 2.23. The van der Waals surface area contributed by atoms with E-state index >= 15 is 0 Å². The van der Waals surface area contributed by atoms with Crippen LogP contribution in [0.4, 0.5) is 31.9 Å². The van der Waals surface area contributed by atoms with Gasteiger partial charge in [0.1, 0.15) is 5.82 Å². The average molecular weight is 445 g/mol. The third-order valence-electron chi connectivity index (χ3n) is 4.87. The van der Waals surface area contributed by atoms with Gasteiger partial charge in [-0.05, 0) is 62.2 Å². The van der Waals surface area contributed by atoms with Crippen LogP contribution in [-0.2, 0) is 10.0 Å². The molecule has 31 heavy (non-hydrogen) atoms. The van der Waals surface area contributed by atoms with E-state index in [1.807, 2.05) is 13.0 Å². The molecule has 2 heterocycles. The zero-order valence-electron chi connectivity index (χ0n) is 16.8. The molecule has 2 aromatic carbocycles. The first-order valence-electron chi connectivity index (χ1n) is 9.76. The Morgan fingerprint density at radius 3 is 2.26 bits per heavy atom. The fraction of sp³-hybridized carbons (Fsp3) is 0.238. The van der Waals surface area contributed by atoms with Crippen LogP contribution in [0.25, 0.3) is 0 Å². The van der Waals surface area contributed by atoms with E-state index in [4.69, 9.17) is 0 Å². The molecule has 162 valence electrons. The number of nitrogens with zero attached hydrogens (tertiary/aromatic N) is 3. The predicted octanol–water partition coefficient (Wildman–Crippen LogP) is 4.21. The summed E-state index contributed by atoms with van der Waals surface area (Å²) in [6.45, 7) is 3.86. The summed E-state index contributed by atoms with van der Waals surface area (Å²) in [5.41, 5.74) is 1.79. The molecule has 3 aromatic rings. The summed E-state index contributed by atoms with van der Waals surface area (Å²) in [5.74, 6) is -1.00. The number of aryl methyl sites for hydroxylation is 1. The Morgan fingerprint density at radius 1 is 0.903 bits per heavy atom. The number of aromatic nitrogens is 2. The lowest BCUT2D eigenvalue weighted by Gasteiger charge is -2.17. The second kappa shape index (κ2) is 8.46. The first kappa shape index (κ1) is 21.0. The van der Waals surface area contributed by atoms with Gasteiger partial charge >= 0.3 is 0 Å². The Labute approximate surface area is 179 Å². The molecule has 7 nitrogen and oxygen atoms in total. The highest BCUT2D eigenvalue weighted by atomic mass is 32.2. The molecule has 4 rings (SSSR count). The lowest BCUT2D eigenvalue weighted by Crippen LogP contribution is -2.19. The summed E-state index contributed by atoms with van der Waals surface area (Å²) in [6.07, 6.45) is 2.29. The molecule has 1 aliphatic rings. The van der Waals surface area contributed by atoms with Crippen LogP contribution >= 0.6 is 0 Å². The zero-order chi connectivity index (χ0) is 22.0. The second-order valence-electron chi connectivity index (χ2n) is 7.27. The standard InChI is InChI=1S/C21H21F2N5O2S/c1-14-12-20(28-10-2-3-11-28)26-21(24-14)25-15-4-6-16(7-5-15)27-31(29,30)17-8-9-18(22)19(23)13-17/h4-9,12-13,27H,2-3,10-11H2,1H3,(H,24,25,26). The maximum atomic E-state index is 13.4. The van der Waals surface area contributed by atoms with E-state index in [1.54, 1.807) is 24.3 Å². The highest BCUT2D eigenvalue weighted by Gasteiger charge is 2.17. The number of rotatable bonds is 6. The molecule has 0 unspecified atom stereocenters. The van der Waals surface area contributed by atoms with Crippen LogP contribution in [0.15, 0.2) is 53.4 Å². The maximum Gasteiger partial charge on any atom is 0.261 e. The normalized spacial score (nSPS) is 14.0. The van der Waals surface area contributed by atoms with Gasteiger partial charge in [-0.2, -0.15) is 4.98 Å². The Kier molecular flexibility index (Phi) is 5.73. The van der Waals surface area contributed by atoms with Gasteiger partial charge in [-0.15, -0.1) is 0 Å². The largest absolute Gasteiger partial charge is 0.356 e. The molecule has 1 fully saturated rings. The minimum Gasteiger partial charge on any atom is -0.356 e. The van der Waals surface area contributed by atoms with Crippen molar-refractivity contribution < 1.29 is 17.2 Å². The first-order chi connectivity index (χ1) is 14.8. The van der Waals surface area contributed by atoms with Crippen molar-refractivity contribution in [3.8, 4) is 0 Å². The van der Waals surface area contributed by atoms with E-state index in [2.05, 4.69) is 24.9 Å². The van der Waals surface area contributed by atoms with E-state index < -0.39 is 21.7 Å². The molecule has 1 aromatic heterocycles. The van der Waals surface area contributed by atoms with Gasteiger partial charge in [-0.1, -0.05) is 0 Å². The lowest BCUT2D eigenvalue weighted by atomic mass is 10.3. The highest BCUT2D eigenvalue weighted by molar-refractivity contribution is 7.92. The minimum absolute atomic E-state index is 0.276. The second-order valence-corrected chi connectivity index (χ2v) is 8.95. The van der Waals surface area contributed by atoms with Crippen LogP contribution in [-0.4, -0.2) is 31.5 Å². The Hall–Kier alpha value is -3.27. The smallest absolute Gasteiger partial charge is 0.261 e. The molecule has 10 heteroatoms. The van der Waals surface area contributed by atoms with E-state index in [0.29, 0.717) is 17.7 Å². The fourth-order valence-corrected chi connectivity index (χ4v) is 4.39. The topological polar surface area (TPSA) is 87.2 Å². The molecule has 2 N–H and O–H groups in total.